The molecule has 0 saturated carbocycles. The predicted octanol–water partition coefficient (Wildman–Crippen LogP) is 0.993. The summed E-state index contributed by atoms with van der Waals surface area (Å²) in [5.41, 5.74) is 6.57. The first kappa shape index (κ1) is 13.5. The molecule has 0 saturated heterocycles. The lowest BCUT2D eigenvalue weighted by atomic mass is 10.0. The molecule has 0 spiro atoms. The molecule has 1 unspecified atom stereocenters. The van der Waals surface area contributed by atoms with Crippen LogP contribution in [0.3, 0.4) is 0 Å². The highest BCUT2D eigenvalue weighted by Crippen LogP contribution is 2.30. The molecule has 19 heavy (non-hydrogen) atoms. The third-order valence-electron chi connectivity index (χ3n) is 3.31. The summed E-state index contributed by atoms with van der Waals surface area (Å²) in [6.45, 7) is 3.97. The van der Waals surface area contributed by atoms with Gasteiger partial charge in [0, 0.05) is 24.5 Å². The van der Waals surface area contributed by atoms with E-state index in [1.807, 2.05) is 37.7 Å². The quantitative estimate of drug-likeness (QED) is 0.634. The summed E-state index contributed by atoms with van der Waals surface area (Å²) in [6.07, 6.45) is 1.73. The molecule has 0 radical (unpaired) electrons. The second-order valence-electron chi connectivity index (χ2n) is 4.40. The van der Waals surface area contributed by atoms with Crippen molar-refractivity contribution in [3.8, 4) is 5.75 Å². The van der Waals surface area contributed by atoms with Gasteiger partial charge in [-0.05, 0) is 26.0 Å². The van der Waals surface area contributed by atoms with Gasteiger partial charge < -0.3 is 4.74 Å². The van der Waals surface area contributed by atoms with E-state index < -0.39 is 0 Å². The van der Waals surface area contributed by atoms with E-state index in [0.29, 0.717) is 5.75 Å². The minimum absolute atomic E-state index is 0.246. The van der Waals surface area contributed by atoms with Crippen molar-refractivity contribution in [1.82, 2.24) is 20.2 Å². The summed E-state index contributed by atoms with van der Waals surface area (Å²) in [7, 11) is 3.53. The molecule has 2 rings (SSSR count). The molecule has 102 valence electrons. The van der Waals surface area contributed by atoms with Gasteiger partial charge >= 0.3 is 0 Å². The highest BCUT2D eigenvalue weighted by molar-refractivity contribution is 5.40. The van der Waals surface area contributed by atoms with Crippen LogP contribution in [0.25, 0.3) is 0 Å². The number of hydrogen-bond acceptors (Lipinski definition) is 5. The summed E-state index contributed by atoms with van der Waals surface area (Å²) in [6, 6.07) is 3.46. The molecule has 2 heterocycles. The van der Waals surface area contributed by atoms with Gasteiger partial charge in [0.05, 0.1) is 18.8 Å². The average Bonchev–Trinajstić information content (AvgIpc) is 2.67. The second-order valence-corrected chi connectivity index (χ2v) is 4.40. The minimum atomic E-state index is -0.246. The maximum Gasteiger partial charge on any atom is 0.142 e. The van der Waals surface area contributed by atoms with Gasteiger partial charge in [-0.15, -0.1) is 0 Å². The Kier molecular flexibility index (Phi) is 3.82. The van der Waals surface area contributed by atoms with Crippen LogP contribution < -0.4 is 16.0 Å². The number of rotatable bonds is 4. The Morgan fingerprint density at radius 3 is 2.68 bits per heavy atom. The van der Waals surface area contributed by atoms with Crippen molar-refractivity contribution in [2.45, 2.75) is 19.9 Å². The second kappa shape index (κ2) is 5.38. The van der Waals surface area contributed by atoms with Gasteiger partial charge in [0.15, 0.2) is 0 Å². The molecule has 0 aromatic carbocycles. The van der Waals surface area contributed by atoms with Crippen LogP contribution in [0, 0.1) is 13.8 Å². The van der Waals surface area contributed by atoms with E-state index in [-0.39, 0.29) is 6.04 Å². The van der Waals surface area contributed by atoms with E-state index in [9.17, 15) is 0 Å². The number of aryl methyl sites for hydroxylation is 2. The molecule has 2 aromatic rings. The summed E-state index contributed by atoms with van der Waals surface area (Å²) in [4.78, 5) is 4.38. The van der Waals surface area contributed by atoms with Gasteiger partial charge in [0.1, 0.15) is 11.4 Å². The zero-order chi connectivity index (χ0) is 14.0. The van der Waals surface area contributed by atoms with E-state index in [4.69, 9.17) is 10.6 Å². The lowest BCUT2D eigenvalue weighted by molar-refractivity contribution is 0.400. The SMILES string of the molecule is COc1cccnc1C(NN)c1c(C)nn(C)c1C. The van der Waals surface area contributed by atoms with Crippen LogP contribution in [-0.4, -0.2) is 21.9 Å². The van der Waals surface area contributed by atoms with Gasteiger partial charge in [-0.3, -0.25) is 15.5 Å². The van der Waals surface area contributed by atoms with E-state index in [2.05, 4.69) is 15.5 Å². The smallest absolute Gasteiger partial charge is 0.142 e. The minimum Gasteiger partial charge on any atom is -0.495 e. The van der Waals surface area contributed by atoms with Gasteiger partial charge in [0.2, 0.25) is 0 Å². The number of methoxy groups -OCH3 is 1. The Labute approximate surface area is 112 Å². The van der Waals surface area contributed by atoms with Crippen molar-refractivity contribution in [2.24, 2.45) is 12.9 Å². The molecule has 6 heteroatoms. The van der Waals surface area contributed by atoms with Crippen molar-refractivity contribution in [2.75, 3.05) is 7.11 Å². The molecule has 1 atom stereocenters. The van der Waals surface area contributed by atoms with E-state index in [0.717, 1.165) is 22.6 Å². The zero-order valence-electron chi connectivity index (χ0n) is 11.6. The van der Waals surface area contributed by atoms with Crippen molar-refractivity contribution >= 4 is 0 Å². The molecule has 2 aromatic heterocycles. The largest absolute Gasteiger partial charge is 0.495 e. The Bertz CT molecular complexity index is 578. The van der Waals surface area contributed by atoms with E-state index in [1.165, 1.54) is 0 Å². The lowest BCUT2D eigenvalue weighted by Gasteiger charge is -2.18. The molecule has 0 bridgehead atoms. The Morgan fingerprint density at radius 1 is 1.42 bits per heavy atom. The number of nitrogens with zero attached hydrogens (tertiary/aromatic N) is 3. The molecule has 3 N–H and O–H groups in total. The fourth-order valence-electron chi connectivity index (χ4n) is 2.30. The Morgan fingerprint density at radius 2 is 2.16 bits per heavy atom. The van der Waals surface area contributed by atoms with Crippen LogP contribution >= 0.6 is 0 Å². The number of nitrogens with two attached hydrogens (primary N) is 1. The zero-order valence-corrected chi connectivity index (χ0v) is 11.6. The number of ether oxygens (including phenoxy) is 1. The fourth-order valence-corrected chi connectivity index (χ4v) is 2.30. The normalized spacial score (nSPS) is 12.5. The highest BCUT2D eigenvalue weighted by Gasteiger charge is 2.24. The molecular weight excluding hydrogens is 242 g/mol. The summed E-state index contributed by atoms with van der Waals surface area (Å²) >= 11 is 0. The third kappa shape index (κ3) is 2.32. The number of pyridine rings is 1. The predicted molar refractivity (Wildman–Crippen MR) is 72.6 cm³/mol. The van der Waals surface area contributed by atoms with Crippen LogP contribution in [0.4, 0.5) is 0 Å². The molecule has 0 aliphatic rings. The Balaban J connectivity index is 2.56. The maximum absolute atomic E-state index is 5.72. The van der Waals surface area contributed by atoms with Crippen LogP contribution in [0.15, 0.2) is 18.3 Å². The first-order valence-corrected chi connectivity index (χ1v) is 6.05. The summed E-state index contributed by atoms with van der Waals surface area (Å²) in [5, 5.41) is 4.41. The van der Waals surface area contributed by atoms with Crippen LogP contribution in [0.1, 0.15) is 28.7 Å². The monoisotopic (exact) mass is 261 g/mol. The number of aromatic nitrogens is 3. The lowest BCUT2D eigenvalue weighted by Crippen LogP contribution is -2.30. The van der Waals surface area contributed by atoms with Gasteiger partial charge in [-0.2, -0.15) is 5.10 Å². The van der Waals surface area contributed by atoms with Gasteiger partial charge in [-0.1, -0.05) is 0 Å². The molecule has 0 aliphatic heterocycles. The summed E-state index contributed by atoms with van der Waals surface area (Å²) < 4.78 is 7.19. The third-order valence-corrected chi connectivity index (χ3v) is 3.31. The number of nitrogens with one attached hydrogen (secondary N) is 1. The first-order valence-electron chi connectivity index (χ1n) is 6.05. The average molecular weight is 261 g/mol. The molecule has 0 aliphatic carbocycles. The number of hydrazine groups is 1. The van der Waals surface area contributed by atoms with Crippen molar-refractivity contribution in [1.29, 1.82) is 0 Å². The number of hydrogen-bond donors (Lipinski definition) is 2. The topological polar surface area (TPSA) is 78.0 Å². The van der Waals surface area contributed by atoms with Crippen LogP contribution in [0.2, 0.25) is 0 Å². The van der Waals surface area contributed by atoms with Crippen molar-refractivity contribution in [3.63, 3.8) is 0 Å². The standard InChI is InChI=1S/C13H19N5O/c1-8-11(9(2)18(3)17-8)13(16-14)12-10(19-4)6-5-7-15-12/h5-7,13,16H,14H2,1-4H3. The van der Waals surface area contributed by atoms with Crippen LogP contribution in [-0.2, 0) is 7.05 Å². The van der Waals surface area contributed by atoms with Crippen molar-refractivity contribution in [3.05, 3.63) is 41.0 Å². The maximum atomic E-state index is 5.72. The summed E-state index contributed by atoms with van der Waals surface area (Å²) in [5.74, 6) is 6.43. The van der Waals surface area contributed by atoms with Crippen molar-refractivity contribution < 1.29 is 4.74 Å². The first-order chi connectivity index (χ1) is 9.10. The van der Waals surface area contributed by atoms with Crippen LogP contribution in [0.5, 0.6) is 5.75 Å². The van der Waals surface area contributed by atoms with Gasteiger partial charge in [-0.25, -0.2) is 5.43 Å². The van der Waals surface area contributed by atoms with E-state index >= 15 is 0 Å². The fraction of sp³-hybridized carbons (Fsp3) is 0.385. The molecule has 6 nitrogen and oxygen atoms in total. The highest BCUT2D eigenvalue weighted by atomic mass is 16.5. The van der Waals surface area contributed by atoms with E-state index in [1.54, 1.807) is 13.3 Å². The van der Waals surface area contributed by atoms with Gasteiger partial charge in [0.25, 0.3) is 0 Å². The molecule has 0 fully saturated rings. The Hall–Kier alpha value is -1.92. The molecular formula is C13H19N5O. The molecule has 0 amide bonds.